The van der Waals surface area contributed by atoms with E-state index >= 15 is 0 Å². The van der Waals surface area contributed by atoms with Crippen molar-refractivity contribution in [2.75, 3.05) is 0 Å². The Hall–Kier alpha value is -0.0400. The zero-order valence-corrected chi connectivity index (χ0v) is 6.48. The van der Waals surface area contributed by atoms with Crippen LogP contribution >= 0.6 is 0 Å². The molecule has 0 atom stereocenters. The lowest BCUT2D eigenvalue weighted by molar-refractivity contribution is 0.0933. The Bertz CT molecular complexity index is 86.7. The molecule has 1 fully saturated rings. The molecule has 9 heavy (non-hydrogen) atoms. The normalized spacial score (nSPS) is 25.7. The van der Waals surface area contributed by atoms with Crippen molar-refractivity contribution in [2.24, 2.45) is 11.1 Å². The van der Waals surface area contributed by atoms with E-state index in [4.69, 9.17) is 5.73 Å². The fourth-order valence-electron chi connectivity index (χ4n) is 1.88. The monoisotopic (exact) mass is 127 g/mol. The largest absolute Gasteiger partial charge is 0.328 e. The van der Waals surface area contributed by atoms with E-state index in [9.17, 15) is 0 Å². The standard InChI is InChI=1S/C8H17N/c1-3-8(4-2)5-7(9)6-8/h7H,3-6,9H2,1-2H3. The maximum Gasteiger partial charge on any atom is 0.00494 e. The molecule has 1 saturated carbocycles. The summed E-state index contributed by atoms with van der Waals surface area (Å²) >= 11 is 0. The summed E-state index contributed by atoms with van der Waals surface area (Å²) in [6.07, 6.45) is 5.16. The lowest BCUT2D eigenvalue weighted by Gasteiger charge is -2.45. The van der Waals surface area contributed by atoms with Crippen LogP contribution in [0.3, 0.4) is 0 Å². The minimum Gasteiger partial charge on any atom is -0.328 e. The molecule has 1 heteroatoms. The van der Waals surface area contributed by atoms with Crippen LogP contribution in [0.1, 0.15) is 39.5 Å². The van der Waals surface area contributed by atoms with E-state index in [2.05, 4.69) is 13.8 Å². The highest BCUT2D eigenvalue weighted by Crippen LogP contribution is 2.45. The Morgan fingerprint density at radius 2 is 1.78 bits per heavy atom. The lowest BCUT2D eigenvalue weighted by Crippen LogP contribution is -2.45. The molecule has 0 unspecified atom stereocenters. The van der Waals surface area contributed by atoms with Crippen LogP contribution < -0.4 is 5.73 Å². The zero-order valence-electron chi connectivity index (χ0n) is 6.48. The van der Waals surface area contributed by atoms with Gasteiger partial charge in [-0.05, 0) is 18.3 Å². The lowest BCUT2D eigenvalue weighted by atomic mass is 9.63. The van der Waals surface area contributed by atoms with E-state index in [1.54, 1.807) is 0 Å². The van der Waals surface area contributed by atoms with Gasteiger partial charge < -0.3 is 5.73 Å². The van der Waals surface area contributed by atoms with Gasteiger partial charge in [-0.15, -0.1) is 0 Å². The van der Waals surface area contributed by atoms with Crippen molar-refractivity contribution >= 4 is 0 Å². The second kappa shape index (κ2) is 2.30. The summed E-state index contributed by atoms with van der Waals surface area (Å²) in [6, 6.07) is 0.518. The summed E-state index contributed by atoms with van der Waals surface area (Å²) < 4.78 is 0. The van der Waals surface area contributed by atoms with E-state index in [0.29, 0.717) is 11.5 Å². The van der Waals surface area contributed by atoms with Gasteiger partial charge in [0.1, 0.15) is 0 Å². The number of hydrogen-bond donors (Lipinski definition) is 1. The fourth-order valence-corrected chi connectivity index (χ4v) is 1.88. The van der Waals surface area contributed by atoms with E-state index in [0.717, 1.165) is 0 Å². The maximum atomic E-state index is 5.71. The Labute approximate surface area is 57.6 Å². The van der Waals surface area contributed by atoms with E-state index in [1.165, 1.54) is 25.7 Å². The number of rotatable bonds is 2. The third-order valence-electron chi connectivity index (χ3n) is 2.89. The van der Waals surface area contributed by atoms with Crippen molar-refractivity contribution in [1.29, 1.82) is 0 Å². The van der Waals surface area contributed by atoms with E-state index in [-0.39, 0.29) is 0 Å². The smallest absolute Gasteiger partial charge is 0.00494 e. The van der Waals surface area contributed by atoms with Crippen molar-refractivity contribution in [3.05, 3.63) is 0 Å². The van der Waals surface area contributed by atoms with Gasteiger partial charge in [-0.2, -0.15) is 0 Å². The molecular weight excluding hydrogens is 110 g/mol. The van der Waals surface area contributed by atoms with Gasteiger partial charge in [-0.1, -0.05) is 26.7 Å². The first-order chi connectivity index (χ1) is 4.22. The van der Waals surface area contributed by atoms with E-state index < -0.39 is 0 Å². The molecule has 0 aromatic heterocycles. The Morgan fingerprint density at radius 1 is 1.33 bits per heavy atom. The molecule has 0 amide bonds. The maximum absolute atomic E-state index is 5.71. The third-order valence-corrected chi connectivity index (χ3v) is 2.89. The summed E-state index contributed by atoms with van der Waals surface area (Å²) in [6.45, 7) is 4.55. The summed E-state index contributed by atoms with van der Waals surface area (Å²) in [4.78, 5) is 0. The second-order valence-corrected chi connectivity index (χ2v) is 3.38. The molecule has 2 N–H and O–H groups in total. The molecule has 0 aliphatic heterocycles. The summed E-state index contributed by atoms with van der Waals surface area (Å²) in [5.41, 5.74) is 6.36. The highest BCUT2D eigenvalue weighted by atomic mass is 14.7. The van der Waals surface area contributed by atoms with Crippen molar-refractivity contribution in [2.45, 2.75) is 45.6 Å². The van der Waals surface area contributed by atoms with Gasteiger partial charge in [-0.25, -0.2) is 0 Å². The molecule has 1 aliphatic carbocycles. The predicted octanol–water partition coefficient (Wildman–Crippen LogP) is 1.91. The summed E-state index contributed by atoms with van der Waals surface area (Å²) in [5.74, 6) is 0. The summed E-state index contributed by atoms with van der Waals surface area (Å²) in [7, 11) is 0. The third kappa shape index (κ3) is 1.11. The molecule has 0 radical (unpaired) electrons. The summed E-state index contributed by atoms with van der Waals surface area (Å²) in [5, 5.41) is 0. The second-order valence-electron chi connectivity index (χ2n) is 3.38. The van der Waals surface area contributed by atoms with Gasteiger partial charge in [0.15, 0.2) is 0 Å². The van der Waals surface area contributed by atoms with Gasteiger partial charge in [0.25, 0.3) is 0 Å². The molecule has 0 aromatic rings. The zero-order chi connectivity index (χ0) is 6.91. The Kier molecular flexibility index (Phi) is 1.80. The number of hydrogen-bond acceptors (Lipinski definition) is 1. The van der Waals surface area contributed by atoms with Crippen molar-refractivity contribution < 1.29 is 0 Å². The van der Waals surface area contributed by atoms with Crippen LogP contribution in [-0.2, 0) is 0 Å². The van der Waals surface area contributed by atoms with Crippen LogP contribution in [-0.4, -0.2) is 6.04 Å². The molecule has 0 bridgehead atoms. The van der Waals surface area contributed by atoms with Crippen LogP contribution in [0.4, 0.5) is 0 Å². The predicted molar refractivity (Wildman–Crippen MR) is 40.2 cm³/mol. The molecule has 0 spiro atoms. The molecule has 1 nitrogen and oxygen atoms in total. The van der Waals surface area contributed by atoms with Crippen molar-refractivity contribution in [3.63, 3.8) is 0 Å². The van der Waals surface area contributed by atoms with Gasteiger partial charge >= 0.3 is 0 Å². The molecule has 0 aromatic carbocycles. The van der Waals surface area contributed by atoms with Crippen molar-refractivity contribution in [3.8, 4) is 0 Å². The Balaban J connectivity index is 2.36. The molecule has 0 heterocycles. The fraction of sp³-hybridized carbons (Fsp3) is 1.00. The first-order valence-corrected chi connectivity index (χ1v) is 3.98. The van der Waals surface area contributed by atoms with Crippen LogP contribution in [0.5, 0.6) is 0 Å². The average molecular weight is 127 g/mol. The molecular formula is C8H17N. The quantitative estimate of drug-likeness (QED) is 0.602. The van der Waals surface area contributed by atoms with Crippen LogP contribution in [0.2, 0.25) is 0 Å². The van der Waals surface area contributed by atoms with Crippen LogP contribution in [0.15, 0.2) is 0 Å². The minimum atomic E-state index is 0.518. The first kappa shape index (κ1) is 7.07. The molecule has 54 valence electrons. The van der Waals surface area contributed by atoms with E-state index in [1.807, 2.05) is 0 Å². The molecule has 1 rings (SSSR count). The highest BCUT2D eigenvalue weighted by molar-refractivity contribution is 4.93. The van der Waals surface area contributed by atoms with Gasteiger partial charge in [-0.3, -0.25) is 0 Å². The SMILES string of the molecule is CCC1(CC)CC(N)C1. The van der Waals surface area contributed by atoms with Crippen LogP contribution in [0, 0.1) is 5.41 Å². The highest BCUT2D eigenvalue weighted by Gasteiger charge is 2.38. The Morgan fingerprint density at radius 3 is 1.89 bits per heavy atom. The van der Waals surface area contributed by atoms with Gasteiger partial charge in [0.05, 0.1) is 0 Å². The minimum absolute atomic E-state index is 0.518. The number of nitrogens with two attached hydrogens (primary N) is 1. The van der Waals surface area contributed by atoms with Crippen molar-refractivity contribution in [1.82, 2.24) is 0 Å². The average Bonchev–Trinajstić information content (AvgIpc) is 1.81. The topological polar surface area (TPSA) is 26.0 Å². The molecule has 1 aliphatic rings. The first-order valence-electron chi connectivity index (χ1n) is 3.98. The van der Waals surface area contributed by atoms with Gasteiger partial charge in [0, 0.05) is 6.04 Å². The van der Waals surface area contributed by atoms with Crippen LogP contribution in [0.25, 0.3) is 0 Å². The van der Waals surface area contributed by atoms with Gasteiger partial charge in [0.2, 0.25) is 0 Å². The molecule has 0 saturated heterocycles.